The standard InChI is InChI=1S/C17H22N2O/c1-11-7-15-9-18-10-16(15)19(11)17(20)14-6-5-12-3-2-4-13(12)8-14/h5-6,8,11,15-16,18H,2-4,7,9-10H2,1H3. The first-order chi connectivity index (χ1) is 9.74. The molecule has 1 aromatic rings. The largest absolute Gasteiger partial charge is 0.331 e. The highest BCUT2D eigenvalue weighted by Crippen LogP contribution is 2.34. The summed E-state index contributed by atoms with van der Waals surface area (Å²) in [5, 5.41) is 3.43. The van der Waals surface area contributed by atoms with Gasteiger partial charge in [0.05, 0.1) is 0 Å². The number of hydrogen-bond donors (Lipinski definition) is 1. The average Bonchev–Trinajstić information content (AvgIpc) is 3.11. The minimum Gasteiger partial charge on any atom is -0.331 e. The number of benzene rings is 1. The lowest BCUT2D eigenvalue weighted by molar-refractivity contribution is 0.0682. The third-order valence-corrected chi connectivity index (χ3v) is 5.36. The van der Waals surface area contributed by atoms with Crippen molar-refractivity contribution < 1.29 is 4.79 Å². The van der Waals surface area contributed by atoms with Crippen molar-refractivity contribution in [1.29, 1.82) is 0 Å². The van der Waals surface area contributed by atoms with Crippen LogP contribution in [-0.4, -0.2) is 36.0 Å². The van der Waals surface area contributed by atoms with E-state index >= 15 is 0 Å². The molecule has 4 rings (SSSR count). The molecule has 1 aliphatic carbocycles. The third-order valence-electron chi connectivity index (χ3n) is 5.36. The molecule has 2 saturated heterocycles. The summed E-state index contributed by atoms with van der Waals surface area (Å²) in [5.74, 6) is 0.895. The first kappa shape index (κ1) is 12.4. The van der Waals surface area contributed by atoms with Gasteiger partial charge >= 0.3 is 0 Å². The second-order valence-corrected chi connectivity index (χ2v) is 6.62. The number of nitrogens with one attached hydrogen (secondary N) is 1. The Bertz CT molecular complexity index is 554. The van der Waals surface area contributed by atoms with Gasteiger partial charge in [-0.3, -0.25) is 4.79 Å². The molecule has 3 atom stereocenters. The molecule has 3 aliphatic rings. The van der Waals surface area contributed by atoms with Gasteiger partial charge in [-0.2, -0.15) is 0 Å². The Hall–Kier alpha value is -1.35. The number of likely N-dealkylation sites (tertiary alicyclic amines) is 1. The molecule has 2 fully saturated rings. The molecule has 1 N–H and O–H groups in total. The average molecular weight is 270 g/mol. The zero-order valence-electron chi connectivity index (χ0n) is 12.1. The van der Waals surface area contributed by atoms with Gasteiger partial charge in [0, 0.05) is 30.7 Å². The molecule has 0 spiro atoms. The quantitative estimate of drug-likeness (QED) is 0.846. The van der Waals surface area contributed by atoms with E-state index < -0.39 is 0 Å². The van der Waals surface area contributed by atoms with Gasteiger partial charge in [-0.15, -0.1) is 0 Å². The van der Waals surface area contributed by atoms with Gasteiger partial charge in [0.2, 0.25) is 0 Å². The Morgan fingerprint density at radius 2 is 2.10 bits per heavy atom. The number of carbonyl (C=O) groups excluding carboxylic acids is 1. The van der Waals surface area contributed by atoms with Crippen molar-refractivity contribution in [2.45, 2.75) is 44.7 Å². The van der Waals surface area contributed by atoms with Crippen LogP contribution >= 0.6 is 0 Å². The van der Waals surface area contributed by atoms with Crippen LogP contribution in [0.1, 0.15) is 41.3 Å². The molecule has 0 radical (unpaired) electrons. The van der Waals surface area contributed by atoms with Crippen LogP contribution in [0.15, 0.2) is 18.2 Å². The highest BCUT2D eigenvalue weighted by atomic mass is 16.2. The maximum atomic E-state index is 12.9. The summed E-state index contributed by atoms with van der Waals surface area (Å²) < 4.78 is 0. The van der Waals surface area contributed by atoms with Crippen molar-refractivity contribution in [3.05, 3.63) is 34.9 Å². The number of fused-ring (bicyclic) bond motifs is 2. The number of hydrogen-bond acceptors (Lipinski definition) is 2. The van der Waals surface area contributed by atoms with E-state index in [0.717, 1.165) is 31.5 Å². The molecule has 3 unspecified atom stereocenters. The lowest BCUT2D eigenvalue weighted by Gasteiger charge is -2.28. The van der Waals surface area contributed by atoms with Gasteiger partial charge in [-0.1, -0.05) is 6.07 Å². The molecular weight excluding hydrogens is 248 g/mol. The van der Waals surface area contributed by atoms with Gasteiger partial charge in [-0.25, -0.2) is 0 Å². The normalized spacial score (nSPS) is 31.4. The number of rotatable bonds is 1. The fraction of sp³-hybridized carbons (Fsp3) is 0.588. The Morgan fingerprint density at radius 1 is 1.25 bits per heavy atom. The first-order valence-electron chi connectivity index (χ1n) is 7.89. The van der Waals surface area contributed by atoms with Gasteiger partial charge in [0.1, 0.15) is 0 Å². The molecule has 3 heteroatoms. The van der Waals surface area contributed by atoms with Gasteiger partial charge in [0.15, 0.2) is 0 Å². The van der Waals surface area contributed by atoms with Crippen LogP contribution in [0.2, 0.25) is 0 Å². The molecule has 1 amide bonds. The van der Waals surface area contributed by atoms with E-state index in [2.05, 4.69) is 29.3 Å². The highest BCUT2D eigenvalue weighted by molar-refractivity contribution is 5.95. The SMILES string of the molecule is CC1CC2CNCC2N1C(=O)c1ccc2c(c1)CCC2. The minimum atomic E-state index is 0.239. The second-order valence-electron chi connectivity index (χ2n) is 6.62. The van der Waals surface area contributed by atoms with E-state index in [1.54, 1.807) is 0 Å². The Balaban J connectivity index is 1.63. The van der Waals surface area contributed by atoms with E-state index in [1.165, 1.54) is 24.0 Å². The van der Waals surface area contributed by atoms with Crippen LogP contribution in [-0.2, 0) is 12.8 Å². The van der Waals surface area contributed by atoms with E-state index in [9.17, 15) is 4.79 Å². The predicted octanol–water partition coefficient (Wildman–Crippen LogP) is 2.00. The van der Waals surface area contributed by atoms with Gasteiger partial charge < -0.3 is 10.2 Å². The van der Waals surface area contributed by atoms with Crippen molar-refractivity contribution in [3.63, 3.8) is 0 Å². The number of amides is 1. The lowest BCUT2D eigenvalue weighted by atomic mass is 10.0. The third kappa shape index (κ3) is 1.80. The van der Waals surface area contributed by atoms with Crippen LogP contribution in [0.3, 0.4) is 0 Å². The summed E-state index contributed by atoms with van der Waals surface area (Å²) in [7, 11) is 0. The Labute approximate surface area is 120 Å². The molecular formula is C17H22N2O. The summed E-state index contributed by atoms with van der Waals surface area (Å²) in [5.41, 5.74) is 3.73. The Kier molecular flexibility index (Phi) is 2.84. The second kappa shape index (κ2) is 4.59. The van der Waals surface area contributed by atoms with Crippen molar-refractivity contribution in [3.8, 4) is 0 Å². The van der Waals surface area contributed by atoms with Crippen LogP contribution in [0.25, 0.3) is 0 Å². The van der Waals surface area contributed by atoms with E-state index in [-0.39, 0.29) is 5.91 Å². The smallest absolute Gasteiger partial charge is 0.254 e. The Morgan fingerprint density at radius 3 is 3.00 bits per heavy atom. The summed E-state index contributed by atoms with van der Waals surface area (Å²) in [4.78, 5) is 15.0. The molecule has 0 aromatic heterocycles. The molecule has 0 bridgehead atoms. The van der Waals surface area contributed by atoms with Crippen LogP contribution in [0.5, 0.6) is 0 Å². The molecule has 106 valence electrons. The zero-order chi connectivity index (χ0) is 13.7. The molecule has 0 saturated carbocycles. The van der Waals surface area contributed by atoms with Crippen molar-refractivity contribution >= 4 is 5.91 Å². The van der Waals surface area contributed by atoms with Crippen LogP contribution < -0.4 is 5.32 Å². The fourth-order valence-corrected chi connectivity index (χ4v) is 4.37. The summed E-state index contributed by atoms with van der Waals surface area (Å²) in [6.07, 6.45) is 4.70. The number of nitrogens with zero attached hydrogens (tertiary/aromatic N) is 1. The molecule has 2 heterocycles. The van der Waals surface area contributed by atoms with Crippen LogP contribution in [0, 0.1) is 5.92 Å². The molecule has 2 aliphatic heterocycles. The topological polar surface area (TPSA) is 32.3 Å². The lowest BCUT2D eigenvalue weighted by Crippen LogP contribution is -2.42. The van der Waals surface area contributed by atoms with E-state index in [1.807, 2.05) is 6.07 Å². The minimum absolute atomic E-state index is 0.239. The van der Waals surface area contributed by atoms with Crippen LogP contribution in [0.4, 0.5) is 0 Å². The zero-order valence-corrected chi connectivity index (χ0v) is 12.1. The van der Waals surface area contributed by atoms with E-state index in [4.69, 9.17) is 0 Å². The summed E-state index contributed by atoms with van der Waals surface area (Å²) in [6, 6.07) is 7.14. The number of aryl methyl sites for hydroxylation is 2. The first-order valence-corrected chi connectivity index (χ1v) is 7.89. The van der Waals surface area contributed by atoms with Crippen molar-refractivity contribution in [2.75, 3.05) is 13.1 Å². The molecule has 3 nitrogen and oxygen atoms in total. The van der Waals surface area contributed by atoms with Crippen molar-refractivity contribution in [2.24, 2.45) is 5.92 Å². The van der Waals surface area contributed by atoms with Crippen molar-refractivity contribution in [1.82, 2.24) is 10.2 Å². The monoisotopic (exact) mass is 270 g/mol. The summed E-state index contributed by atoms with van der Waals surface area (Å²) in [6.45, 7) is 4.23. The highest BCUT2D eigenvalue weighted by Gasteiger charge is 2.44. The maximum Gasteiger partial charge on any atom is 0.254 e. The van der Waals surface area contributed by atoms with Gasteiger partial charge in [-0.05, 0) is 61.8 Å². The number of carbonyl (C=O) groups is 1. The van der Waals surface area contributed by atoms with E-state index in [0.29, 0.717) is 18.0 Å². The maximum absolute atomic E-state index is 12.9. The molecule has 20 heavy (non-hydrogen) atoms. The molecule has 1 aromatic carbocycles. The fourth-order valence-electron chi connectivity index (χ4n) is 4.37. The summed E-state index contributed by atoms with van der Waals surface area (Å²) >= 11 is 0. The predicted molar refractivity (Wildman–Crippen MR) is 78.9 cm³/mol. The van der Waals surface area contributed by atoms with Gasteiger partial charge in [0.25, 0.3) is 5.91 Å².